The van der Waals surface area contributed by atoms with E-state index in [2.05, 4.69) is 129 Å². The van der Waals surface area contributed by atoms with Crippen molar-refractivity contribution in [2.75, 3.05) is 5.75 Å². The van der Waals surface area contributed by atoms with E-state index >= 15 is 0 Å². The van der Waals surface area contributed by atoms with Gasteiger partial charge < -0.3 is 0 Å². The van der Waals surface area contributed by atoms with Gasteiger partial charge in [0, 0.05) is 10.6 Å². The lowest BCUT2D eigenvalue weighted by Crippen LogP contribution is -2.28. The van der Waals surface area contributed by atoms with Crippen LogP contribution in [0.4, 0.5) is 0 Å². The van der Waals surface area contributed by atoms with Gasteiger partial charge in [-0.15, -0.1) is 12.6 Å². The third-order valence-electron chi connectivity index (χ3n) is 7.76. The van der Waals surface area contributed by atoms with E-state index in [0.29, 0.717) is 0 Å². The predicted octanol–water partition coefficient (Wildman–Crippen LogP) is 9.16. The normalized spacial score (nSPS) is 13.2. The Kier molecular flexibility index (Phi) is 7.51. The monoisotopic (exact) mass is 554 g/mol. The molecule has 40 heavy (non-hydrogen) atoms. The molecule has 0 spiro atoms. The summed E-state index contributed by atoms with van der Waals surface area (Å²) >= 11 is 5.93. The summed E-state index contributed by atoms with van der Waals surface area (Å²) in [7, 11) is 0. The summed E-state index contributed by atoms with van der Waals surface area (Å²) in [4.78, 5) is 13.4. The third kappa shape index (κ3) is 4.96. The molecule has 0 amide bonds. The minimum atomic E-state index is -0.404. The van der Waals surface area contributed by atoms with Crippen molar-refractivity contribution in [2.24, 2.45) is 0 Å². The van der Waals surface area contributed by atoms with E-state index in [0.717, 1.165) is 22.6 Å². The number of rotatable bonds is 7. The molecule has 0 fully saturated rings. The summed E-state index contributed by atoms with van der Waals surface area (Å²) in [5.74, 6) is 0.747. The topological polar surface area (TPSA) is 17.1 Å². The predicted molar refractivity (Wildman–Crippen MR) is 172 cm³/mol. The Hall–Kier alpha value is -3.79. The zero-order chi connectivity index (χ0) is 27.5. The standard InChI is InChI=1S/C37H30OS2/c1-26-10-12-27(13-11-26)16-23-36(38)40-25-24-28-14-17-29(18-15-28)37(30-19-21-31(39)22-20-30)34-8-4-2-6-32(34)33-7-3-5-9-35(33)37/h2-23,39H,24-25H2,1H3/b23-16+. The van der Waals surface area contributed by atoms with Crippen LogP contribution in [-0.4, -0.2) is 10.9 Å². The van der Waals surface area contributed by atoms with Crippen molar-refractivity contribution in [1.82, 2.24) is 0 Å². The van der Waals surface area contributed by atoms with Crippen LogP contribution in [0.2, 0.25) is 0 Å². The summed E-state index contributed by atoms with van der Waals surface area (Å²) < 4.78 is 0. The SMILES string of the molecule is Cc1ccc(/C=C/C(=O)SCCc2ccc(C3(c4ccc(S)cc4)c4ccccc4-c4ccccc43)cc2)cc1. The van der Waals surface area contributed by atoms with Crippen LogP contribution in [0.3, 0.4) is 0 Å². The van der Waals surface area contributed by atoms with E-state index in [4.69, 9.17) is 0 Å². The van der Waals surface area contributed by atoms with Crippen LogP contribution < -0.4 is 0 Å². The molecule has 0 aromatic heterocycles. The maximum Gasteiger partial charge on any atom is 0.212 e. The second-order valence-corrected chi connectivity index (χ2v) is 11.9. The van der Waals surface area contributed by atoms with Gasteiger partial charge in [0.15, 0.2) is 0 Å². The Labute approximate surface area is 246 Å². The Bertz CT molecular complexity index is 1630. The fourth-order valence-electron chi connectivity index (χ4n) is 5.82. The van der Waals surface area contributed by atoms with Gasteiger partial charge >= 0.3 is 0 Å². The molecule has 196 valence electrons. The molecule has 1 aliphatic carbocycles. The maximum absolute atomic E-state index is 12.4. The number of aryl methyl sites for hydroxylation is 2. The lowest BCUT2D eigenvalue weighted by molar-refractivity contribution is -0.106. The van der Waals surface area contributed by atoms with E-state index < -0.39 is 5.41 Å². The zero-order valence-electron chi connectivity index (χ0n) is 22.4. The second-order valence-electron chi connectivity index (χ2n) is 10.2. The molecule has 0 unspecified atom stereocenters. The molecule has 1 aliphatic rings. The quantitative estimate of drug-likeness (QED) is 0.157. The second kappa shape index (κ2) is 11.4. The summed E-state index contributed by atoms with van der Waals surface area (Å²) in [5.41, 5.74) is 10.7. The van der Waals surface area contributed by atoms with Crippen molar-refractivity contribution in [3.05, 3.63) is 166 Å². The number of carbonyl (C=O) groups excluding carboxylic acids is 1. The van der Waals surface area contributed by atoms with Crippen LogP contribution in [0.15, 0.2) is 132 Å². The van der Waals surface area contributed by atoms with Crippen molar-refractivity contribution in [2.45, 2.75) is 23.7 Å². The number of benzene rings is 5. The van der Waals surface area contributed by atoms with Gasteiger partial charge in [0.1, 0.15) is 0 Å². The maximum atomic E-state index is 12.4. The number of thiol groups is 1. The van der Waals surface area contributed by atoms with Crippen LogP contribution in [0.25, 0.3) is 17.2 Å². The number of fused-ring (bicyclic) bond motifs is 3. The van der Waals surface area contributed by atoms with Crippen LogP contribution in [0, 0.1) is 6.92 Å². The van der Waals surface area contributed by atoms with Crippen molar-refractivity contribution >= 4 is 35.6 Å². The lowest BCUT2D eigenvalue weighted by Gasteiger charge is -2.34. The minimum Gasteiger partial charge on any atom is -0.282 e. The van der Waals surface area contributed by atoms with E-state index in [-0.39, 0.29) is 5.12 Å². The van der Waals surface area contributed by atoms with Crippen molar-refractivity contribution in [3.63, 3.8) is 0 Å². The zero-order valence-corrected chi connectivity index (χ0v) is 24.1. The molecule has 0 heterocycles. The van der Waals surface area contributed by atoms with Gasteiger partial charge in [-0.3, -0.25) is 4.79 Å². The first-order chi connectivity index (χ1) is 19.6. The molecule has 0 saturated heterocycles. The summed E-state index contributed by atoms with van der Waals surface area (Å²) in [6.07, 6.45) is 4.40. The van der Waals surface area contributed by atoms with Gasteiger partial charge in [0.25, 0.3) is 0 Å². The smallest absolute Gasteiger partial charge is 0.212 e. The molecular weight excluding hydrogens is 525 g/mol. The van der Waals surface area contributed by atoms with Gasteiger partial charge in [-0.1, -0.05) is 133 Å². The molecular formula is C37H30OS2. The van der Waals surface area contributed by atoms with Crippen molar-refractivity contribution in [1.29, 1.82) is 0 Å². The van der Waals surface area contributed by atoms with E-state index in [9.17, 15) is 4.79 Å². The lowest BCUT2D eigenvalue weighted by atomic mass is 9.67. The Balaban J connectivity index is 1.26. The van der Waals surface area contributed by atoms with E-state index in [1.54, 1.807) is 6.08 Å². The molecule has 5 aromatic carbocycles. The molecule has 0 N–H and O–H groups in total. The summed E-state index contributed by atoms with van der Waals surface area (Å²) in [6, 6.07) is 43.3. The highest BCUT2D eigenvalue weighted by molar-refractivity contribution is 8.14. The van der Waals surface area contributed by atoms with Gasteiger partial charge in [-0.25, -0.2) is 0 Å². The summed E-state index contributed by atoms with van der Waals surface area (Å²) in [5, 5.41) is 0.0861. The number of hydrogen-bond acceptors (Lipinski definition) is 3. The van der Waals surface area contributed by atoms with E-state index in [1.165, 1.54) is 56.3 Å². The molecule has 3 heteroatoms. The Morgan fingerprint density at radius 3 is 1.88 bits per heavy atom. The number of hydrogen-bond donors (Lipinski definition) is 1. The first kappa shape index (κ1) is 26.4. The number of carbonyl (C=O) groups is 1. The highest BCUT2D eigenvalue weighted by atomic mass is 32.2. The number of thioether (sulfide) groups is 1. The largest absolute Gasteiger partial charge is 0.282 e. The first-order valence-corrected chi connectivity index (χ1v) is 15.0. The molecule has 0 aliphatic heterocycles. The molecule has 6 rings (SSSR count). The van der Waals surface area contributed by atoms with Crippen molar-refractivity contribution in [3.8, 4) is 11.1 Å². The first-order valence-electron chi connectivity index (χ1n) is 13.6. The van der Waals surface area contributed by atoms with Gasteiger partial charge in [0.2, 0.25) is 5.12 Å². The van der Waals surface area contributed by atoms with Crippen LogP contribution >= 0.6 is 24.4 Å². The molecule has 5 aromatic rings. The minimum absolute atomic E-state index is 0.0861. The van der Waals surface area contributed by atoms with E-state index in [1.807, 2.05) is 18.2 Å². The highest BCUT2D eigenvalue weighted by Crippen LogP contribution is 2.55. The van der Waals surface area contributed by atoms with Crippen LogP contribution in [-0.2, 0) is 16.6 Å². The fourth-order valence-corrected chi connectivity index (χ4v) is 6.67. The van der Waals surface area contributed by atoms with Crippen LogP contribution in [0.1, 0.15) is 38.9 Å². The summed E-state index contributed by atoms with van der Waals surface area (Å²) in [6.45, 7) is 2.06. The average Bonchev–Trinajstić information content (AvgIpc) is 3.29. The molecule has 0 radical (unpaired) electrons. The van der Waals surface area contributed by atoms with Gasteiger partial charge in [0.05, 0.1) is 5.41 Å². The molecule has 1 nitrogen and oxygen atoms in total. The highest BCUT2D eigenvalue weighted by Gasteiger charge is 2.45. The third-order valence-corrected chi connectivity index (χ3v) is 8.89. The molecule has 0 bridgehead atoms. The fraction of sp³-hybridized carbons (Fsp3) is 0.108. The van der Waals surface area contributed by atoms with Crippen LogP contribution in [0.5, 0.6) is 0 Å². The molecule has 0 atom stereocenters. The van der Waals surface area contributed by atoms with Crippen molar-refractivity contribution < 1.29 is 4.79 Å². The Morgan fingerprint density at radius 1 is 0.725 bits per heavy atom. The molecule has 0 saturated carbocycles. The average molecular weight is 555 g/mol. The van der Waals surface area contributed by atoms with Gasteiger partial charge in [-0.05, 0) is 76.1 Å². The Morgan fingerprint density at radius 2 is 1.27 bits per heavy atom. The van der Waals surface area contributed by atoms with Gasteiger partial charge in [-0.2, -0.15) is 0 Å².